The van der Waals surface area contributed by atoms with E-state index in [0.29, 0.717) is 0 Å². The fourth-order valence-electron chi connectivity index (χ4n) is 0.728. The van der Waals surface area contributed by atoms with E-state index in [-0.39, 0.29) is 11.9 Å². The van der Waals surface area contributed by atoms with Crippen molar-refractivity contribution in [3.63, 3.8) is 0 Å². The van der Waals surface area contributed by atoms with Gasteiger partial charge in [0, 0.05) is 0 Å². The van der Waals surface area contributed by atoms with Crippen LogP contribution in [0.4, 0.5) is 0 Å². The molecule has 0 fully saturated rings. The topological polar surface area (TPSA) is 120 Å². The van der Waals surface area contributed by atoms with Crippen LogP contribution in [0.25, 0.3) is 0 Å². The summed E-state index contributed by atoms with van der Waals surface area (Å²) >= 11 is 0. The largest absolute Gasteiger partial charge is 0.369 e. The molecule has 0 aromatic heterocycles. The summed E-state index contributed by atoms with van der Waals surface area (Å²) in [6.45, 7) is 3.64. The molecule has 6 nitrogen and oxygen atoms in total. The van der Waals surface area contributed by atoms with Gasteiger partial charge in [0.15, 0.2) is 0 Å². The Morgan fingerprint density at radius 1 is 1.42 bits per heavy atom. The molecular formula is C6H15N5O. The third kappa shape index (κ3) is 3.20. The van der Waals surface area contributed by atoms with Crippen molar-refractivity contribution in [2.24, 2.45) is 28.2 Å². The number of hydrogen-bond donors (Lipinski definition) is 4. The highest BCUT2D eigenvalue weighted by Crippen LogP contribution is 2.04. The summed E-state index contributed by atoms with van der Waals surface area (Å²) in [6, 6.07) is -0.624. The second-order valence-electron chi connectivity index (χ2n) is 2.75. The summed E-state index contributed by atoms with van der Waals surface area (Å²) in [6.07, 6.45) is 0. The van der Waals surface area contributed by atoms with Gasteiger partial charge >= 0.3 is 0 Å². The first kappa shape index (κ1) is 10.7. The molecule has 0 aliphatic heterocycles. The molecule has 0 rings (SSSR count). The molecule has 1 unspecified atom stereocenters. The Morgan fingerprint density at radius 3 is 2.17 bits per heavy atom. The number of amides is 1. The van der Waals surface area contributed by atoms with E-state index >= 15 is 0 Å². The van der Waals surface area contributed by atoms with E-state index in [9.17, 15) is 4.79 Å². The van der Waals surface area contributed by atoms with Crippen molar-refractivity contribution in [2.45, 2.75) is 19.9 Å². The number of nitrogens with zero attached hydrogens (tertiary/aromatic N) is 1. The lowest BCUT2D eigenvalue weighted by molar-refractivity contribution is -0.120. The molecule has 1 amide bonds. The molecule has 1 atom stereocenters. The fourth-order valence-corrected chi connectivity index (χ4v) is 0.728. The molecule has 7 N–H and O–H groups in total. The Hall–Kier alpha value is -1.30. The summed E-state index contributed by atoms with van der Waals surface area (Å²) < 4.78 is 0. The number of carbonyl (C=O) groups excluding carboxylic acids is 1. The van der Waals surface area contributed by atoms with Gasteiger partial charge in [-0.15, -0.1) is 0 Å². The van der Waals surface area contributed by atoms with Gasteiger partial charge in [-0.25, -0.2) is 10.8 Å². The van der Waals surface area contributed by atoms with E-state index in [4.69, 9.17) is 17.3 Å². The molecule has 0 heterocycles. The van der Waals surface area contributed by atoms with Crippen LogP contribution in [-0.2, 0) is 4.79 Å². The zero-order chi connectivity index (χ0) is 9.72. The Morgan fingerprint density at radius 2 is 1.92 bits per heavy atom. The number of nitrogens with two attached hydrogens (primary N) is 3. The van der Waals surface area contributed by atoms with Crippen LogP contribution in [0.2, 0.25) is 0 Å². The molecule has 0 bridgehead atoms. The number of hydrogen-bond acceptors (Lipinski definition) is 3. The van der Waals surface area contributed by atoms with Crippen molar-refractivity contribution in [2.75, 3.05) is 0 Å². The predicted molar refractivity (Wildman–Crippen MR) is 46.8 cm³/mol. The van der Waals surface area contributed by atoms with Crippen LogP contribution in [-0.4, -0.2) is 17.9 Å². The standard InChI is InChI=1S/C6H15N5O/c1-3(2)4(5(7)12)10-6(8)11-9/h3-4H,9H2,1-2H3,(H2,7,12)(H3,8,10,11). The normalized spacial score (nSPS) is 14.5. The smallest absolute Gasteiger partial charge is 0.242 e. The lowest BCUT2D eigenvalue weighted by Crippen LogP contribution is -2.41. The minimum absolute atomic E-state index is 0.00694. The van der Waals surface area contributed by atoms with Gasteiger partial charge in [-0.05, 0) is 5.92 Å². The maximum absolute atomic E-state index is 10.8. The number of hydrazine groups is 1. The number of nitrogens with one attached hydrogen (secondary N) is 1. The SMILES string of the molecule is CC(C)C(N=C(N)NN)C(N)=O. The number of guanidine groups is 1. The highest BCUT2D eigenvalue weighted by atomic mass is 16.1. The molecule has 0 aliphatic rings. The van der Waals surface area contributed by atoms with E-state index in [2.05, 4.69) is 10.4 Å². The molecule has 0 saturated carbocycles. The monoisotopic (exact) mass is 173 g/mol. The molecule has 0 radical (unpaired) electrons. The third-order valence-corrected chi connectivity index (χ3v) is 1.35. The molecule has 6 heteroatoms. The average Bonchev–Trinajstić information content (AvgIpc) is 1.98. The van der Waals surface area contributed by atoms with Gasteiger partial charge in [0.05, 0.1) is 0 Å². The van der Waals surface area contributed by atoms with E-state index < -0.39 is 11.9 Å². The minimum atomic E-state index is -0.624. The van der Waals surface area contributed by atoms with Crippen LogP contribution in [0.3, 0.4) is 0 Å². The summed E-state index contributed by atoms with van der Waals surface area (Å²) in [5.74, 6) is 4.47. The Labute approximate surface area is 71.2 Å². The first-order chi connectivity index (χ1) is 5.49. The van der Waals surface area contributed by atoms with Crippen LogP contribution in [0, 0.1) is 5.92 Å². The lowest BCUT2D eigenvalue weighted by atomic mass is 10.1. The van der Waals surface area contributed by atoms with Gasteiger partial charge < -0.3 is 11.5 Å². The average molecular weight is 173 g/mol. The molecular weight excluding hydrogens is 158 g/mol. The van der Waals surface area contributed by atoms with Crippen LogP contribution in [0.1, 0.15) is 13.8 Å². The van der Waals surface area contributed by atoms with E-state index in [0.717, 1.165) is 0 Å². The van der Waals surface area contributed by atoms with E-state index in [1.165, 1.54) is 0 Å². The molecule has 0 aromatic rings. The van der Waals surface area contributed by atoms with Gasteiger partial charge in [0.1, 0.15) is 6.04 Å². The second-order valence-corrected chi connectivity index (χ2v) is 2.75. The maximum Gasteiger partial charge on any atom is 0.242 e. The van der Waals surface area contributed by atoms with Crippen LogP contribution >= 0.6 is 0 Å². The Kier molecular flexibility index (Phi) is 4.06. The summed E-state index contributed by atoms with van der Waals surface area (Å²) in [4.78, 5) is 14.6. The first-order valence-corrected chi connectivity index (χ1v) is 3.58. The Bertz CT molecular complexity index is 188. The Balaban J connectivity index is 4.43. The van der Waals surface area contributed by atoms with Crippen LogP contribution in [0.5, 0.6) is 0 Å². The summed E-state index contributed by atoms with van der Waals surface area (Å²) in [7, 11) is 0. The maximum atomic E-state index is 10.8. The summed E-state index contributed by atoms with van der Waals surface area (Å²) in [5, 5.41) is 0. The van der Waals surface area contributed by atoms with Gasteiger partial charge in [0.25, 0.3) is 0 Å². The van der Waals surface area contributed by atoms with Gasteiger partial charge in [-0.1, -0.05) is 13.8 Å². The second kappa shape index (κ2) is 4.55. The van der Waals surface area contributed by atoms with Gasteiger partial charge in [-0.3, -0.25) is 10.2 Å². The zero-order valence-electron chi connectivity index (χ0n) is 7.24. The van der Waals surface area contributed by atoms with Crippen LogP contribution in [0.15, 0.2) is 4.99 Å². The van der Waals surface area contributed by atoms with Crippen LogP contribution < -0.4 is 22.7 Å². The quantitative estimate of drug-likeness (QED) is 0.175. The summed E-state index contributed by atoms with van der Waals surface area (Å²) in [5.41, 5.74) is 12.5. The molecule has 0 aliphatic carbocycles. The first-order valence-electron chi connectivity index (χ1n) is 3.58. The molecule has 12 heavy (non-hydrogen) atoms. The van der Waals surface area contributed by atoms with Crippen molar-refractivity contribution in [1.82, 2.24) is 5.43 Å². The number of rotatable bonds is 3. The van der Waals surface area contributed by atoms with E-state index in [1.54, 1.807) is 0 Å². The number of aliphatic imine (C=N–C) groups is 1. The number of primary amides is 1. The molecule has 0 spiro atoms. The highest BCUT2D eigenvalue weighted by Gasteiger charge is 2.18. The zero-order valence-corrected chi connectivity index (χ0v) is 7.24. The van der Waals surface area contributed by atoms with Gasteiger partial charge in [-0.2, -0.15) is 0 Å². The molecule has 70 valence electrons. The minimum Gasteiger partial charge on any atom is -0.369 e. The molecule has 0 aromatic carbocycles. The predicted octanol–water partition coefficient (Wildman–Crippen LogP) is -1.73. The van der Waals surface area contributed by atoms with Crippen molar-refractivity contribution < 1.29 is 4.79 Å². The van der Waals surface area contributed by atoms with Crippen molar-refractivity contribution in [3.05, 3.63) is 0 Å². The van der Waals surface area contributed by atoms with Crippen molar-refractivity contribution in [3.8, 4) is 0 Å². The fraction of sp³-hybridized carbons (Fsp3) is 0.667. The number of carbonyl (C=O) groups is 1. The third-order valence-electron chi connectivity index (χ3n) is 1.35. The van der Waals surface area contributed by atoms with Gasteiger partial charge in [0.2, 0.25) is 11.9 Å². The van der Waals surface area contributed by atoms with Crippen molar-refractivity contribution in [1.29, 1.82) is 0 Å². The van der Waals surface area contributed by atoms with E-state index in [1.807, 2.05) is 13.8 Å². The van der Waals surface area contributed by atoms with Crippen molar-refractivity contribution >= 4 is 11.9 Å². The lowest BCUT2D eigenvalue weighted by Gasteiger charge is -2.12. The highest BCUT2D eigenvalue weighted by molar-refractivity contribution is 5.85. The molecule has 0 saturated heterocycles.